The van der Waals surface area contributed by atoms with Crippen LogP contribution in [-0.4, -0.2) is 36.2 Å². The van der Waals surface area contributed by atoms with Crippen LogP contribution in [0, 0.1) is 0 Å². The molecule has 2 aromatic carbocycles. The molecule has 0 aliphatic rings. The first-order chi connectivity index (χ1) is 12.9. The molecule has 0 aromatic heterocycles. The zero-order chi connectivity index (χ0) is 19.6. The van der Waals surface area contributed by atoms with Crippen molar-refractivity contribution in [3.8, 4) is 11.5 Å². The number of phosphoric ester groups is 1. The van der Waals surface area contributed by atoms with Crippen LogP contribution in [0.1, 0.15) is 0 Å². The fourth-order valence-corrected chi connectivity index (χ4v) is 3.96. The molecule has 0 spiro atoms. The third-order valence-electron chi connectivity index (χ3n) is 2.90. The Labute approximate surface area is 156 Å². The van der Waals surface area contributed by atoms with Gasteiger partial charge in [0, 0.05) is 0 Å². The van der Waals surface area contributed by atoms with Crippen molar-refractivity contribution in [3.05, 3.63) is 60.7 Å². The molecule has 0 aliphatic heterocycles. The maximum Gasteiger partial charge on any atom is 0.483 e. The van der Waals surface area contributed by atoms with Gasteiger partial charge in [-0.1, -0.05) is 36.4 Å². The van der Waals surface area contributed by atoms with E-state index in [-0.39, 0.29) is 26.4 Å². The number of ether oxygens (including phenoxy) is 2. The second-order valence-corrected chi connectivity index (χ2v) is 8.05. The van der Waals surface area contributed by atoms with Crippen LogP contribution < -0.4 is 9.47 Å². The minimum absolute atomic E-state index is 0.0254. The van der Waals surface area contributed by atoms with Crippen molar-refractivity contribution in [1.29, 1.82) is 0 Å². The molecule has 0 unspecified atom stereocenters. The van der Waals surface area contributed by atoms with Gasteiger partial charge in [0.2, 0.25) is 0 Å². The van der Waals surface area contributed by atoms with Crippen molar-refractivity contribution >= 4 is 15.6 Å². The summed E-state index contributed by atoms with van der Waals surface area (Å²) in [6, 6.07) is 17.6. The molecular weight excluding hydrogens is 398 g/mol. The first-order valence-corrected chi connectivity index (χ1v) is 10.9. The van der Waals surface area contributed by atoms with E-state index in [1.54, 1.807) is 48.5 Å². The summed E-state index contributed by atoms with van der Waals surface area (Å²) in [5, 5.41) is 0. The Morgan fingerprint density at radius 3 is 1.44 bits per heavy atom. The molecule has 2 N–H and O–H groups in total. The molecule has 0 saturated carbocycles. The van der Waals surface area contributed by atoms with Gasteiger partial charge < -0.3 is 19.3 Å². The van der Waals surface area contributed by atoms with Crippen molar-refractivity contribution in [2.75, 3.05) is 26.4 Å². The van der Waals surface area contributed by atoms with Crippen LogP contribution >= 0.6 is 15.6 Å². The minimum Gasteiger partial charge on any atom is -0.491 e. The first kappa shape index (κ1) is 21.6. The number of benzene rings is 2. The number of para-hydroxylation sites is 2. The minimum atomic E-state index is -5.10. The summed E-state index contributed by atoms with van der Waals surface area (Å²) >= 11 is 0. The van der Waals surface area contributed by atoms with Gasteiger partial charge in [-0.05, 0) is 24.3 Å². The summed E-state index contributed by atoms with van der Waals surface area (Å²) in [5.74, 6) is 1.12. The van der Waals surface area contributed by atoms with Crippen LogP contribution in [0.5, 0.6) is 11.5 Å². The summed E-state index contributed by atoms with van der Waals surface area (Å²) in [4.78, 5) is 17.8. The lowest BCUT2D eigenvalue weighted by Gasteiger charge is -2.18. The Morgan fingerprint density at radius 2 is 1.07 bits per heavy atom. The highest BCUT2D eigenvalue weighted by Crippen LogP contribution is 2.61. The molecule has 0 fully saturated rings. The Balaban J connectivity index is 1.80. The van der Waals surface area contributed by atoms with Crippen molar-refractivity contribution in [3.63, 3.8) is 0 Å². The van der Waals surface area contributed by atoms with E-state index in [2.05, 4.69) is 4.31 Å². The van der Waals surface area contributed by atoms with Gasteiger partial charge in [-0.2, -0.15) is 4.31 Å². The predicted octanol–water partition coefficient (Wildman–Crippen LogP) is 3.40. The fraction of sp³-hybridized carbons (Fsp3) is 0.250. The second kappa shape index (κ2) is 10.6. The average Bonchev–Trinajstić information content (AvgIpc) is 2.63. The van der Waals surface area contributed by atoms with Gasteiger partial charge in [-0.25, -0.2) is 9.13 Å². The molecular formula is C16H20O9P2. The highest BCUT2D eigenvalue weighted by molar-refractivity contribution is 7.61. The predicted molar refractivity (Wildman–Crippen MR) is 96.5 cm³/mol. The highest BCUT2D eigenvalue weighted by atomic mass is 31.3. The van der Waals surface area contributed by atoms with Gasteiger partial charge in [0.1, 0.15) is 24.7 Å². The van der Waals surface area contributed by atoms with E-state index in [9.17, 15) is 9.13 Å². The van der Waals surface area contributed by atoms with Gasteiger partial charge in [0.15, 0.2) is 0 Å². The molecule has 27 heavy (non-hydrogen) atoms. The normalized spacial score (nSPS) is 11.9. The van der Waals surface area contributed by atoms with Crippen molar-refractivity contribution in [2.45, 2.75) is 0 Å². The molecule has 0 amide bonds. The zero-order valence-corrected chi connectivity index (χ0v) is 16.0. The van der Waals surface area contributed by atoms with E-state index >= 15 is 0 Å². The van der Waals surface area contributed by atoms with Gasteiger partial charge >= 0.3 is 15.6 Å². The highest BCUT2D eigenvalue weighted by Gasteiger charge is 2.36. The van der Waals surface area contributed by atoms with Gasteiger partial charge in [0.05, 0.1) is 13.2 Å². The van der Waals surface area contributed by atoms with E-state index in [1.807, 2.05) is 12.1 Å². The Hall–Kier alpha value is -1.70. The van der Waals surface area contributed by atoms with Crippen LogP contribution in [0.25, 0.3) is 0 Å². The van der Waals surface area contributed by atoms with Crippen molar-refractivity contribution < 1.29 is 41.7 Å². The lowest BCUT2D eigenvalue weighted by Crippen LogP contribution is -2.11. The molecule has 0 bridgehead atoms. The number of phosphoric acid groups is 2. The lowest BCUT2D eigenvalue weighted by atomic mass is 10.3. The zero-order valence-electron chi connectivity index (χ0n) is 14.2. The first-order valence-electron chi connectivity index (χ1n) is 7.88. The molecule has 11 heteroatoms. The maximum absolute atomic E-state index is 12.4. The quantitative estimate of drug-likeness (QED) is 0.395. The molecule has 2 aromatic rings. The van der Waals surface area contributed by atoms with E-state index in [0.717, 1.165) is 0 Å². The van der Waals surface area contributed by atoms with Crippen molar-refractivity contribution in [2.24, 2.45) is 0 Å². The monoisotopic (exact) mass is 418 g/mol. The summed E-state index contributed by atoms with van der Waals surface area (Å²) in [7, 11) is -9.60. The molecule has 0 radical (unpaired) electrons. The Morgan fingerprint density at radius 1 is 0.667 bits per heavy atom. The summed E-state index contributed by atoms with van der Waals surface area (Å²) in [5.41, 5.74) is 0. The molecule has 9 nitrogen and oxygen atoms in total. The van der Waals surface area contributed by atoms with E-state index in [1.165, 1.54) is 0 Å². The summed E-state index contributed by atoms with van der Waals surface area (Å²) in [6.07, 6.45) is 0. The largest absolute Gasteiger partial charge is 0.491 e. The van der Waals surface area contributed by atoms with E-state index in [4.69, 9.17) is 28.3 Å². The molecule has 0 aliphatic carbocycles. The third-order valence-corrected chi connectivity index (χ3v) is 5.54. The van der Waals surface area contributed by atoms with Crippen LogP contribution in [0.2, 0.25) is 0 Å². The average molecular weight is 418 g/mol. The van der Waals surface area contributed by atoms with E-state index < -0.39 is 15.6 Å². The summed E-state index contributed by atoms with van der Waals surface area (Å²) < 4.78 is 48.1. The Kier molecular flexibility index (Phi) is 8.47. The molecule has 148 valence electrons. The van der Waals surface area contributed by atoms with E-state index in [0.29, 0.717) is 11.5 Å². The molecule has 2 rings (SSSR count). The van der Waals surface area contributed by atoms with Crippen molar-refractivity contribution in [1.82, 2.24) is 0 Å². The number of hydrogen-bond acceptors (Lipinski definition) is 7. The smallest absolute Gasteiger partial charge is 0.483 e. The van der Waals surface area contributed by atoms with Crippen LogP contribution in [-0.2, 0) is 22.5 Å². The maximum atomic E-state index is 12.4. The molecule has 0 saturated heterocycles. The number of rotatable bonds is 12. The van der Waals surface area contributed by atoms with Gasteiger partial charge in [0.25, 0.3) is 0 Å². The van der Waals surface area contributed by atoms with Gasteiger partial charge in [-0.15, -0.1) is 0 Å². The SMILES string of the molecule is O=P(O)(O)OP(=O)(OCCOc1ccccc1)OCCOc1ccccc1. The summed E-state index contributed by atoms with van der Waals surface area (Å²) in [6.45, 7) is -0.595. The number of hydrogen-bond donors (Lipinski definition) is 2. The Bertz CT molecular complexity index is 712. The molecule has 0 heterocycles. The van der Waals surface area contributed by atoms with Crippen LogP contribution in [0.15, 0.2) is 60.7 Å². The second-order valence-electron chi connectivity index (χ2n) is 5.01. The van der Waals surface area contributed by atoms with Crippen LogP contribution in [0.4, 0.5) is 0 Å². The third kappa shape index (κ3) is 9.17. The standard InChI is InChI=1S/C16H20O9P2/c17-26(18,19)25-27(20,23-13-11-21-15-7-3-1-4-8-15)24-14-12-22-16-9-5-2-6-10-16/h1-10H,11-14H2,(H2,17,18,19). The van der Waals surface area contributed by atoms with Crippen LogP contribution in [0.3, 0.4) is 0 Å². The van der Waals surface area contributed by atoms with Gasteiger partial charge in [-0.3, -0.25) is 9.05 Å². The fourth-order valence-electron chi connectivity index (χ4n) is 1.87. The topological polar surface area (TPSA) is 121 Å². The molecule has 0 atom stereocenters. The lowest BCUT2D eigenvalue weighted by molar-refractivity contribution is 0.110.